The van der Waals surface area contributed by atoms with E-state index in [0.717, 1.165) is 36.3 Å². The normalized spacial score (nSPS) is 16.7. The predicted molar refractivity (Wildman–Crippen MR) is 88.0 cm³/mol. The van der Waals surface area contributed by atoms with Gasteiger partial charge in [0, 0.05) is 25.2 Å². The number of nitrogens with zero attached hydrogens (tertiary/aromatic N) is 4. The third-order valence-electron chi connectivity index (χ3n) is 4.48. The molecule has 0 fully saturated rings. The van der Waals surface area contributed by atoms with Gasteiger partial charge in [-0.25, -0.2) is 14.4 Å². The Labute approximate surface area is 144 Å². The summed E-state index contributed by atoms with van der Waals surface area (Å²) >= 11 is 0. The summed E-state index contributed by atoms with van der Waals surface area (Å²) in [6, 6.07) is 6.56. The van der Waals surface area contributed by atoms with Crippen LogP contribution in [0.15, 0.2) is 41.2 Å². The van der Waals surface area contributed by atoms with Crippen molar-refractivity contribution in [3.05, 3.63) is 65.2 Å². The first kappa shape index (κ1) is 15.5. The van der Waals surface area contributed by atoms with Crippen molar-refractivity contribution in [3.63, 3.8) is 0 Å². The maximum atomic E-state index is 13.8. The molecule has 0 amide bonds. The molecule has 0 radical (unpaired) electrons. The second-order valence-corrected chi connectivity index (χ2v) is 6.16. The number of hydrogen-bond donors (Lipinski definition) is 0. The molecule has 0 aliphatic heterocycles. The molecule has 1 atom stereocenters. The van der Waals surface area contributed by atoms with Gasteiger partial charge in [0.2, 0.25) is 5.89 Å². The second kappa shape index (κ2) is 6.44. The van der Waals surface area contributed by atoms with E-state index in [-0.39, 0.29) is 11.7 Å². The first-order valence-corrected chi connectivity index (χ1v) is 8.18. The quantitative estimate of drug-likeness (QED) is 0.666. The van der Waals surface area contributed by atoms with Crippen LogP contribution in [0.3, 0.4) is 0 Å². The Morgan fingerprint density at radius 2 is 2.16 bits per heavy atom. The average molecular weight is 334 g/mol. The Morgan fingerprint density at radius 3 is 2.96 bits per heavy atom. The van der Waals surface area contributed by atoms with Gasteiger partial charge in [-0.05, 0) is 42.5 Å². The Bertz CT molecular complexity index is 946. The number of nitriles is 1. The first-order chi connectivity index (χ1) is 12.2. The summed E-state index contributed by atoms with van der Waals surface area (Å²) in [6.07, 6.45) is 8.10. The van der Waals surface area contributed by atoms with Gasteiger partial charge in [0.25, 0.3) is 0 Å². The molecule has 0 saturated heterocycles. The molecule has 1 aliphatic carbocycles. The molecule has 1 unspecified atom stereocenters. The highest BCUT2D eigenvalue weighted by Gasteiger charge is 2.24. The average Bonchev–Trinajstić information content (AvgIpc) is 2.93. The largest absolute Gasteiger partial charge is 0.440 e. The van der Waals surface area contributed by atoms with E-state index < -0.39 is 0 Å². The Balaban J connectivity index is 1.67. The van der Waals surface area contributed by atoms with Gasteiger partial charge < -0.3 is 4.42 Å². The lowest BCUT2D eigenvalue weighted by Crippen LogP contribution is -2.03. The molecule has 0 saturated carbocycles. The van der Waals surface area contributed by atoms with Crippen LogP contribution in [0.4, 0.5) is 4.39 Å². The minimum atomic E-state index is -0.376. The minimum absolute atomic E-state index is 0.115. The van der Waals surface area contributed by atoms with E-state index in [2.05, 4.69) is 15.0 Å². The summed E-state index contributed by atoms with van der Waals surface area (Å²) in [5.41, 5.74) is 2.67. The van der Waals surface area contributed by atoms with Crippen LogP contribution in [0.5, 0.6) is 0 Å². The lowest BCUT2D eigenvalue weighted by atomic mass is 9.90. The third-order valence-corrected chi connectivity index (χ3v) is 4.48. The molecule has 124 valence electrons. The lowest BCUT2D eigenvalue weighted by molar-refractivity contribution is 0.504. The van der Waals surface area contributed by atoms with Crippen molar-refractivity contribution in [2.45, 2.75) is 31.6 Å². The van der Waals surface area contributed by atoms with Gasteiger partial charge in [0.05, 0.1) is 23.5 Å². The van der Waals surface area contributed by atoms with Crippen LogP contribution in [-0.4, -0.2) is 15.0 Å². The molecule has 2 heterocycles. The van der Waals surface area contributed by atoms with Crippen LogP contribution in [0.2, 0.25) is 0 Å². The fourth-order valence-corrected chi connectivity index (χ4v) is 3.30. The number of aryl methyl sites for hydroxylation is 1. The van der Waals surface area contributed by atoms with Crippen molar-refractivity contribution >= 4 is 0 Å². The Kier molecular flexibility index (Phi) is 3.98. The van der Waals surface area contributed by atoms with Crippen LogP contribution in [0, 0.1) is 17.1 Å². The van der Waals surface area contributed by atoms with Crippen molar-refractivity contribution in [3.8, 4) is 17.7 Å². The van der Waals surface area contributed by atoms with E-state index >= 15 is 0 Å². The molecule has 25 heavy (non-hydrogen) atoms. The van der Waals surface area contributed by atoms with Crippen molar-refractivity contribution in [1.82, 2.24) is 15.0 Å². The van der Waals surface area contributed by atoms with Gasteiger partial charge in [-0.3, -0.25) is 4.98 Å². The van der Waals surface area contributed by atoms with E-state index in [1.165, 1.54) is 12.1 Å². The third kappa shape index (κ3) is 3.13. The van der Waals surface area contributed by atoms with E-state index in [0.29, 0.717) is 23.6 Å². The van der Waals surface area contributed by atoms with Crippen LogP contribution >= 0.6 is 0 Å². The molecule has 1 aliphatic rings. The van der Waals surface area contributed by atoms with E-state index in [1.54, 1.807) is 24.7 Å². The van der Waals surface area contributed by atoms with Gasteiger partial charge in [0.15, 0.2) is 0 Å². The van der Waals surface area contributed by atoms with Crippen molar-refractivity contribution < 1.29 is 8.81 Å². The SMILES string of the molecule is N#Cc1cc(F)cc(C2CCCc3oc(-c4cnccn4)nc3C2)c1. The number of fused-ring (bicyclic) bond motifs is 1. The van der Waals surface area contributed by atoms with E-state index in [1.807, 2.05) is 6.07 Å². The maximum absolute atomic E-state index is 13.8. The standard InChI is InChI=1S/C19H15FN4O/c20-15-7-12(10-21)6-14(8-15)13-2-1-3-18-16(9-13)24-19(25-18)17-11-22-4-5-23-17/h4-8,11,13H,1-3,9H2. The lowest BCUT2D eigenvalue weighted by Gasteiger charge is -2.14. The number of benzene rings is 1. The smallest absolute Gasteiger partial charge is 0.247 e. The molecular weight excluding hydrogens is 319 g/mol. The zero-order valence-corrected chi connectivity index (χ0v) is 13.4. The van der Waals surface area contributed by atoms with Gasteiger partial charge in [0.1, 0.15) is 17.3 Å². The van der Waals surface area contributed by atoms with Crippen molar-refractivity contribution in [2.24, 2.45) is 0 Å². The number of oxazole rings is 1. The molecule has 0 bridgehead atoms. The summed E-state index contributed by atoms with van der Waals surface area (Å²) in [5.74, 6) is 1.07. The summed E-state index contributed by atoms with van der Waals surface area (Å²) in [7, 11) is 0. The van der Waals surface area contributed by atoms with Crippen LogP contribution in [0.1, 0.15) is 41.3 Å². The van der Waals surface area contributed by atoms with Crippen molar-refractivity contribution in [2.75, 3.05) is 0 Å². The van der Waals surface area contributed by atoms with Gasteiger partial charge in [-0.2, -0.15) is 5.26 Å². The number of halogens is 1. The Hall–Kier alpha value is -3.07. The zero-order valence-electron chi connectivity index (χ0n) is 13.4. The topological polar surface area (TPSA) is 75.6 Å². The van der Waals surface area contributed by atoms with Crippen LogP contribution in [0.25, 0.3) is 11.6 Å². The number of aromatic nitrogens is 3. The molecule has 3 aromatic rings. The molecule has 2 aromatic heterocycles. The van der Waals surface area contributed by atoms with Crippen LogP contribution < -0.4 is 0 Å². The predicted octanol–water partition coefficient (Wildman–Crippen LogP) is 3.80. The van der Waals surface area contributed by atoms with E-state index in [9.17, 15) is 4.39 Å². The molecule has 6 heteroatoms. The fourth-order valence-electron chi connectivity index (χ4n) is 3.30. The molecule has 5 nitrogen and oxygen atoms in total. The van der Waals surface area contributed by atoms with Gasteiger partial charge >= 0.3 is 0 Å². The highest BCUT2D eigenvalue weighted by molar-refractivity contribution is 5.46. The highest BCUT2D eigenvalue weighted by atomic mass is 19.1. The minimum Gasteiger partial charge on any atom is -0.440 e. The second-order valence-electron chi connectivity index (χ2n) is 6.16. The van der Waals surface area contributed by atoms with Crippen molar-refractivity contribution in [1.29, 1.82) is 5.26 Å². The number of hydrogen-bond acceptors (Lipinski definition) is 5. The highest BCUT2D eigenvalue weighted by Crippen LogP contribution is 2.34. The van der Waals surface area contributed by atoms with E-state index in [4.69, 9.17) is 9.68 Å². The molecule has 0 spiro atoms. The number of rotatable bonds is 2. The monoisotopic (exact) mass is 334 g/mol. The molecule has 1 aromatic carbocycles. The summed E-state index contributed by atoms with van der Waals surface area (Å²) in [4.78, 5) is 12.9. The summed E-state index contributed by atoms with van der Waals surface area (Å²) < 4.78 is 19.7. The van der Waals surface area contributed by atoms with Crippen LogP contribution in [-0.2, 0) is 12.8 Å². The maximum Gasteiger partial charge on any atom is 0.247 e. The van der Waals surface area contributed by atoms with Gasteiger partial charge in [-0.15, -0.1) is 0 Å². The first-order valence-electron chi connectivity index (χ1n) is 8.18. The molecular formula is C19H15FN4O. The fraction of sp³-hybridized carbons (Fsp3) is 0.263. The zero-order chi connectivity index (χ0) is 17.2. The molecule has 4 rings (SSSR count). The Morgan fingerprint density at radius 1 is 1.24 bits per heavy atom. The summed E-state index contributed by atoms with van der Waals surface area (Å²) in [5, 5.41) is 9.07. The van der Waals surface area contributed by atoms with Gasteiger partial charge in [-0.1, -0.05) is 0 Å². The molecule has 0 N–H and O–H groups in total. The summed E-state index contributed by atoms with van der Waals surface area (Å²) in [6.45, 7) is 0.